The number of amides is 1. The van der Waals surface area contributed by atoms with Crippen LogP contribution in [-0.4, -0.2) is 46.3 Å². The van der Waals surface area contributed by atoms with Crippen molar-refractivity contribution in [3.63, 3.8) is 0 Å². The molecule has 0 aromatic rings. The maximum atomic E-state index is 12.3. The summed E-state index contributed by atoms with van der Waals surface area (Å²) in [6.07, 6.45) is 2.86. The highest BCUT2D eigenvalue weighted by molar-refractivity contribution is 5.76. The zero-order valence-electron chi connectivity index (χ0n) is 12.4. The molecule has 1 heterocycles. The molecule has 2 fully saturated rings. The molecule has 2 aliphatic rings. The average Bonchev–Trinajstić information content (AvgIpc) is 2.95. The number of carbonyl (C=O) groups excluding carboxylic acids is 1. The molecule has 1 amide bonds. The van der Waals surface area contributed by atoms with Crippen LogP contribution in [0.5, 0.6) is 0 Å². The van der Waals surface area contributed by atoms with Gasteiger partial charge in [-0.3, -0.25) is 4.79 Å². The summed E-state index contributed by atoms with van der Waals surface area (Å²) in [7, 11) is 0. The van der Waals surface area contributed by atoms with Gasteiger partial charge in [0.05, 0.1) is 0 Å². The van der Waals surface area contributed by atoms with Crippen LogP contribution in [0, 0.1) is 5.41 Å². The number of carboxylic acids is 1. The molecule has 0 aromatic carbocycles. The maximum Gasteiger partial charge on any atom is 0.410 e. The second-order valence-electron chi connectivity index (χ2n) is 6.88. The van der Waals surface area contributed by atoms with Crippen molar-refractivity contribution in [1.82, 2.24) is 4.90 Å². The molecule has 1 aliphatic carbocycles. The van der Waals surface area contributed by atoms with Crippen LogP contribution in [0.25, 0.3) is 0 Å². The van der Waals surface area contributed by atoms with Crippen molar-refractivity contribution in [3.05, 3.63) is 0 Å². The van der Waals surface area contributed by atoms with Gasteiger partial charge in [0.15, 0.2) is 0 Å². The van der Waals surface area contributed by atoms with Gasteiger partial charge in [-0.05, 0) is 46.5 Å². The van der Waals surface area contributed by atoms with Crippen molar-refractivity contribution in [2.24, 2.45) is 11.1 Å². The van der Waals surface area contributed by atoms with E-state index in [9.17, 15) is 9.59 Å². The first-order valence-electron chi connectivity index (χ1n) is 7.15. The first-order chi connectivity index (χ1) is 9.17. The van der Waals surface area contributed by atoms with Crippen LogP contribution in [0.15, 0.2) is 0 Å². The lowest BCUT2D eigenvalue weighted by atomic mass is 9.87. The minimum atomic E-state index is -0.987. The van der Waals surface area contributed by atoms with Crippen molar-refractivity contribution in [1.29, 1.82) is 0 Å². The van der Waals surface area contributed by atoms with E-state index in [1.165, 1.54) is 0 Å². The van der Waals surface area contributed by atoms with Crippen LogP contribution in [0.2, 0.25) is 0 Å². The Morgan fingerprint density at radius 1 is 1.40 bits per heavy atom. The van der Waals surface area contributed by atoms with Crippen molar-refractivity contribution >= 4 is 12.1 Å². The van der Waals surface area contributed by atoms with E-state index in [-0.39, 0.29) is 12.1 Å². The number of hydrogen-bond donors (Lipinski definition) is 2. The highest BCUT2D eigenvalue weighted by Gasteiger charge is 2.59. The molecule has 1 saturated carbocycles. The molecule has 2 unspecified atom stereocenters. The number of ether oxygens (including phenoxy) is 1. The fraction of sp³-hybridized carbons (Fsp3) is 0.857. The molecule has 6 nitrogen and oxygen atoms in total. The minimum Gasteiger partial charge on any atom is -0.480 e. The van der Waals surface area contributed by atoms with Gasteiger partial charge in [0.2, 0.25) is 0 Å². The molecule has 1 saturated heterocycles. The first-order valence-corrected chi connectivity index (χ1v) is 7.15. The second-order valence-corrected chi connectivity index (χ2v) is 6.88. The number of likely N-dealkylation sites (tertiary alicyclic amines) is 1. The summed E-state index contributed by atoms with van der Waals surface area (Å²) < 4.78 is 5.41. The van der Waals surface area contributed by atoms with Crippen molar-refractivity contribution in [2.45, 2.75) is 64.1 Å². The van der Waals surface area contributed by atoms with Crippen molar-refractivity contribution in [2.75, 3.05) is 6.54 Å². The summed E-state index contributed by atoms with van der Waals surface area (Å²) in [5.41, 5.74) is 4.84. The fourth-order valence-electron chi connectivity index (χ4n) is 3.15. The Labute approximate surface area is 119 Å². The molecule has 0 radical (unpaired) electrons. The van der Waals surface area contributed by atoms with Gasteiger partial charge in [0.1, 0.15) is 11.6 Å². The predicted octanol–water partition coefficient (Wildman–Crippen LogP) is 1.58. The van der Waals surface area contributed by atoms with Crippen molar-refractivity contribution in [3.8, 4) is 0 Å². The normalized spacial score (nSPS) is 26.2. The fourth-order valence-corrected chi connectivity index (χ4v) is 3.15. The molecule has 0 spiro atoms. The van der Waals surface area contributed by atoms with E-state index in [2.05, 4.69) is 0 Å². The van der Waals surface area contributed by atoms with Crippen molar-refractivity contribution < 1.29 is 19.4 Å². The van der Waals surface area contributed by atoms with Crippen LogP contribution >= 0.6 is 0 Å². The van der Waals surface area contributed by atoms with Gasteiger partial charge < -0.3 is 20.5 Å². The number of nitrogens with two attached hydrogens (primary N) is 1. The summed E-state index contributed by atoms with van der Waals surface area (Å²) in [4.78, 5) is 25.1. The third-order valence-corrected chi connectivity index (χ3v) is 4.26. The van der Waals surface area contributed by atoms with Crippen LogP contribution in [0.4, 0.5) is 4.79 Å². The highest BCUT2D eigenvalue weighted by Crippen LogP contribution is 2.55. The number of carboxylic acid groups (broad SMARTS) is 1. The minimum absolute atomic E-state index is 0.108. The summed E-state index contributed by atoms with van der Waals surface area (Å²) in [5.74, 6) is -0.987. The van der Waals surface area contributed by atoms with E-state index in [1.54, 1.807) is 4.90 Å². The molecule has 114 valence electrons. The van der Waals surface area contributed by atoms with Gasteiger partial charge in [-0.1, -0.05) is 0 Å². The van der Waals surface area contributed by atoms with E-state index >= 15 is 0 Å². The molecule has 0 aromatic heterocycles. The van der Waals surface area contributed by atoms with E-state index in [1.807, 2.05) is 20.8 Å². The van der Waals surface area contributed by atoms with Gasteiger partial charge >= 0.3 is 12.1 Å². The molecule has 0 bridgehead atoms. The Balaban J connectivity index is 2.12. The van der Waals surface area contributed by atoms with Gasteiger partial charge in [-0.15, -0.1) is 0 Å². The largest absolute Gasteiger partial charge is 0.480 e. The van der Waals surface area contributed by atoms with Crippen LogP contribution in [-0.2, 0) is 9.53 Å². The van der Waals surface area contributed by atoms with E-state index < -0.39 is 23.0 Å². The zero-order valence-corrected chi connectivity index (χ0v) is 12.4. The van der Waals surface area contributed by atoms with Crippen LogP contribution in [0.1, 0.15) is 46.5 Å². The quantitative estimate of drug-likeness (QED) is 0.820. The SMILES string of the molecule is CC(C)(C)OC(=O)N1CCCC1C1(C(N)C(=O)O)CC1. The summed E-state index contributed by atoms with van der Waals surface area (Å²) in [6.45, 7) is 6.09. The van der Waals surface area contributed by atoms with E-state index in [0.717, 1.165) is 25.7 Å². The maximum absolute atomic E-state index is 12.3. The average molecular weight is 284 g/mol. The monoisotopic (exact) mass is 284 g/mol. The van der Waals surface area contributed by atoms with E-state index in [4.69, 9.17) is 15.6 Å². The topological polar surface area (TPSA) is 92.9 Å². The Kier molecular flexibility index (Phi) is 3.71. The molecule has 2 rings (SSSR count). The lowest BCUT2D eigenvalue weighted by Crippen LogP contribution is -2.52. The molecular weight excluding hydrogens is 260 g/mol. The third kappa shape index (κ3) is 2.75. The summed E-state index contributed by atoms with van der Waals surface area (Å²) in [5, 5.41) is 9.17. The highest BCUT2D eigenvalue weighted by atomic mass is 16.6. The van der Waals surface area contributed by atoms with Gasteiger partial charge in [-0.25, -0.2) is 4.79 Å². The van der Waals surface area contributed by atoms with Gasteiger partial charge in [0.25, 0.3) is 0 Å². The van der Waals surface area contributed by atoms with Crippen LogP contribution in [0.3, 0.4) is 0 Å². The Morgan fingerprint density at radius 3 is 2.45 bits per heavy atom. The zero-order chi connectivity index (χ0) is 15.1. The lowest BCUT2D eigenvalue weighted by Gasteiger charge is -2.35. The van der Waals surface area contributed by atoms with Gasteiger partial charge in [0, 0.05) is 18.0 Å². The molecule has 1 aliphatic heterocycles. The lowest BCUT2D eigenvalue weighted by molar-refractivity contribution is -0.141. The molecule has 20 heavy (non-hydrogen) atoms. The molecular formula is C14H24N2O4. The van der Waals surface area contributed by atoms with Gasteiger partial charge in [-0.2, -0.15) is 0 Å². The number of aliphatic carboxylic acids is 1. The number of rotatable bonds is 3. The number of nitrogens with zero attached hydrogens (tertiary/aromatic N) is 1. The second kappa shape index (κ2) is 4.91. The molecule has 3 N–H and O–H groups in total. The standard InChI is InChI=1S/C14H24N2O4/c1-13(2,3)20-12(19)16-8-4-5-9(16)14(6-7-14)10(15)11(17)18/h9-10H,4-8,15H2,1-3H3,(H,17,18). The Bertz CT molecular complexity index is 412. The first kappa shape index (κ1) is 15.1. The number of hydrogen-bond acceptors (Lipinski definition) is 4. The third-order valence-electron chi connectivity index (χ3n) is 4.26. The summed E-state index contributed by atoms with van der Waals surface area (Å²) >= 11 is 0. The number of carbonyl (C=O) groups is 2. The molecule has 2 atom stereocenters. The molecule has 6 heteroatoms. The summed E-state index contributed by atoms with van der Waals surface area (Å²) in [6, 6.07) is -1.01. The smallest absolute Gasteiger partial charge is 0.410 e. The Hall–Kier alpha value is -1.30. The Morgan fingerprint density at radius 2 is 2.00 bits per heavy atom. The van der Waals surface area contributed by atoms with E-state index in [0.29, 0.717) is 6.54 Å². The van der Waals surface area contributed by atoms with Crippen LogP contribution < -0.4 is 5.73 Å². The predicted molar refractivity (Wildman–Crippen MR) is 73.2 cm³/mol.